The summed E-state index contributed by atoms with van der Waals surface area (Å²) in [5.74, 6) is 0.728. The molecule has 0 N–H and O–H groups in total. The summed E-state index contributed by atoms with van der Waals surface area (Å²) in [5, 5.41) is 0. The first-order valence-corrected chi connectivity index (χ1v) is 10.0. The molecule has 4 rings (SSSR count). The highest BCUT2D eigenvalue weighted by Crippen LogP contribution is 2.24. The minimum atomic E-state index is -0.0122. The van der Waals surface area contributed by atoms with E-state index in [0.29, 0.717) is 36.7 Å². The molecule has 0 radical (unpaired) electrons. The Kier molecular flexibility index (Phi) is 5.48. The minimum Gasteiger partial charge on any atom is -0.471 e. The molecule has 0 bridgehead atoms. The van der Waals surface area contributed by atoms with Gasteiger partial charge in [-0.3, -0.25) is 9.59 Å². The number of hydrogen-bond donors (Lipinski definition) is 0. The predicted octanol–water partition coefficient (Wildman–Crippen LogP) is 3.86. The molecular weight excluding hydrogens is 372 g/mol. The molecule has 28 heavy (non-hydrogen) atoms. The molecule has 0 atom stereocenters. The van der Waals surface area contributed by atoms with Crippen LogP contribution in [0.3, 0.4) is 0 Å². The molecule has 0 aliphatic carbocycles. The Morgan fingerprint density at radius 3 is 2.57 bits per heavy atom. The first-order chi connectivity index (χ1) is 13.7. The molecule has 5 nitrogen and oxygen atoms in total. The van der Waals surface area contributed by atoms with Crippen LogP contribution < -0.4 is 4.74 Å². The van der Waals surface area contributed by atoms with Crippen molar-refractivity contribution in [3.05, 3.63) is 82.2 Å². The second-order valence-electron chi connectivity index (χ2n) is 6.67. The van der Waals surface area contributed by atoms with E-state index in [1.807, 2.05) is 60.7 Å². The fraction of sp³-hybridized carbons (Fsp3) is 0.227. The van der Waals surface area contributed by atoms with Gasteiger partial charge in [-0.2, -0.15) is 0 Å². The lowest BCUT2D eigenvalue weighted by Crippen LogP contribution is -2.56. The lowest BCUT2D eigenvalue weighted by atomic mass is 10.1. The molecule has 1 aliphatic rings. The van der Waals surface area contributed by atoms with E-state index < -0.39 is 0 Å². The average Bonchev–Trinajstić information content (AvgIpc) is 3.19. The number of carbonyl (C=O) groups excluding carboxylic acids is 2. The van der Waals surface area contributed by atoms with Gasteiger partial charge in [0.1, 0.15) is 6.10 Å². The molecule has 2 aromatic heterocycles. The molecular formula is C22H20N2O3S. The van der Waals surface area contributed by atoms with Gasteiger partial charge >= 0.3 is 0 Å². The van der Waals surface area contributed by atoms with Gasteiger partial charge in [-0.1, -0.05) is 36.4 Å². The van der Waals surface area contributed by atoms with E-state index in [-0.39, 0.29) is 17.8 Å². The number of rotatable bonds is 7. The van der Waals surface area contributed by atoms with Crippen LogP contribution in [-0.4, -0.2) is 40.8 Å². The van der Waals surface area contributed by atoms with Gasteiger partial charge in [0.2, 0.25) is 5.88 Å². The molecule has 1 amide bonds. The number of amides is 1. The van der Waals surface area contributed by atoms with Crippen LogP contribution in [0.15, 0.2) is 66.9 Å². The zero-order valence-corrected chi connectivity index (χ0v) is 16.1. The standard InChI is InChI=1S/C22H20N2O3S/c25-19(16-6-2-1-3-7-16)11-9-18-10-12-20(28-18)22(26)24-14-17(15-24)27-21-8-4-5-13-23-21/h1-8,10,12-13,17H,9,11,14-15H2. The third-order valence-corrected chi connectivity index (χ3v) is 5.76. The van der Waals surface area contributed by atoms with Gasteiger partial charge in [-0.05, 0) is 24.6 Å². The number of carbonyl (C=O) groups is 2. The van der Waals surface area contributed by atoms with Gasteiger partial charge in [-0.25, -0.2) is 4.98 Å². The molecule has 3 heterocycles. The summed E-state index contributed by atoms with van der Waals surface area (Å²) in [6.45, 7) is 1.13. The Hall–Kier alpha value is -2.99. The van der Waals surface area contributed by atoms with Crippen molar-refractivity contribution < 1.29 is 14.3 Å². The Morgan fingerprint density at radius 1 is 1.04 bits per heavy atom. The summed E-state index contributed by atoms with van der Waals surface area (Å²) < 4.78 is 5.74. The molecule has 1 aromatic carbocycles. The lowest BCUT2D eigenvalue weighted by Gasteiger charge is -2.38. The smallest absolute Gasteiger partial charge is 0.264 e. The molecule has 0 spiro atoms. The van der Waals surface area contributed by atoms with Crippen LogP contribution >= 0.6 is 11.3 Å². The Morgan fingerprint density at radius 2 is 1.82 bits per heavy atom. The van der Waals surface area contributed by atoms with E-state index in [9.17, 15) is 9.59 Å². The number of nitrogens with zero attached hydrogens (tertiary/aromatic N) is 2. The van der Waals surface area contributed by atoms with Crippen molar-refractivity contribution in [1.29, 1.82) is 0 Å². The summed E-state index contributed by atoms with van der Waals surface area (Å²) in [6, 6.07) is 18.6. The number of ether oxygens (including phenoxy) is 1. The Balaban J connectivity index is 1.26. The summed E-state index contributed by atoms with van der Waals surface area (Å²) >= 11 is 1.46. The van der Waals surface area contributed by atoms with Crippen LogP contribution in [0.2, 0.25) is 0 Å². The summed E-state index contributed by atoms with van der Waals surface area (Å²) in [5.41, 5.74) is 0.731. The van der Waals surface area contributed by atoms with Crippen LogP contribution in [0.1, 0.15) is 31.3 Å². The third kappa shape index (κ3) is 4.28. The van der Waals surface area contributed by atoms with E-state index >= 15 is 0 Å². The first kappa shape index (κ1) is 18.4. The number of thiophene rings is 1. The van der Waals surface area contributed by atoms with Gasteiger partial charge in [0.05, 0.1) is 18.0 Å². The zero-order chi connectivity index (χ0) is 19.3. The molecule has 3 aromatic rings. The van der Waals surface area contributed by atoms with Crippen molar-refractivity contribution in [2.75, 3.05) is 13.1 Å². The normalized spacial score (nSPS) is 13.8. The third-order valence-electron chi connectivity index (χ3n) is 4.63. The summed E-state index contributed by atoms with van der Waals surface area (Å²) in [4.78, 5) is 32.5. The van der Waals surface area contributed by atoms with Crippen LogP contribution in [0.4, 0.5) is 0 Å². The number of hydrogen-bond acceptors (Lipinski definition) is 5. The van der Waals surface area contributed by atoms with Crippen molar-refractivity contribution in [1.82, 2.24) is 9.88 Å². The molecule has 1 fully saturated rings. The monoisotopic (exact) mass is 392 g/mol. The SMILES string of the molecule is O=C(CCc1ccc(C(=O)N2CC(Oc3ccccn3)C2)s1)c1ccccc1. The maximum Gasteiger partial charge on any atom is 0.264 e. The van der Waals surface area contributed by atoms with Crippen LogP contribution in [0.5, 0.6) is 5.88 Å². The van der Waals surface area contributed by atoms with Gasteiger partial charge in [-0.15, -0.1) is 11.3 Å². The van der Waals surface area contributed by atoms with Crippen molar-refractivity contribution >= 4 is 23.0 Å². The van der Waals surface area contributed by atoms with Gasteiger partial charge in [0.25, 0.3) is 5.91 Å². The predicted molar refractivity (Wildman–Crippen MR) is 108 cm³/mol. The molecule has 142 valence electrons. The number of benzene rings is 1. The fourth-order valence-corrected chi connectivity index (χ4v) is 4.03. The van der Waals surface area contributed by atoms with Crippen LogP contribution in [-0.2, 0) is 6.42 Å². The van der Waals surface area contributed by atoms with Crippen molar-refractivity contribution in [3.63, 3.8) is 0 Å². The maximum absolute atomic E-state index is 12.6. The minimum absolute atomic E-state index is 0.0122. The second kappa shape index (κ2) is 8.35. The summed E-state index contributed by atoms with van der Waals surface area (Å²) in [7, 11) is 0. The number of pyridine rings is 1. The first-order valence-electron chi connectivity index (χ1n) is 9.23. The Labute approximate surface area is 167 Å². The van der Waals surface area contributed by atoms with Gasteiger partial charge in [0.15, 0.2) is 5.78 Å². The fourth-order valence-electron chi connectivity index (χ4n) is 3.05. The number of aromatic nitrogens is 1. The highest BCUT2D eigenvalue weighted by molar-refractivity contribution is 7.14. The number of ketones is 1. The van der Waals surface area contributed by atoms with E-state index in [1.54, 1.807) is 11.1 Å². The van der Waals surface area contributed by atoms with Gasteiger partial charge in [0, 0.05) is 29.1 Å². The van der Waals surface area contributed by atoms with Gasteiger partial charge < -0.3 is 9.64 Å². The average molecular weight is 392 g/mol. The van der Waals surface area contributed by atoms with E-state index in [0.717, 1.165) is 10.4 Å². The molecule has 0 saturated carbocycles. The number of likely N-dealkylation sites (tertiary alicyclic amines) is 1. The zero-order valence-electron chi connectivity index (χ0n) is 15.3. The highest BCUT2D eigenvalue weighted by Gasteiger charge is 2.33. The summed E-state index contributed by atoms with van der Waals surface area (Å²) in [6.07, 6.45) is 2.77. The van der Waals surface area contributed by atoms with E-state index in [1.165, 1.54) is 11.3 Å². The van der Waals surface area contributed by atoms with E-state index in [2.05, 4.69) is 4.98 Å². The lowest BCUT2D eigenvalue weighted by molar-refractivity contribution is 0.0164. The van der Waals surface area contributed by atoms with Crippen molar-refractivity contribution in [3.8, 4) is 5.88 Å². The molecule has 0 unspecified atom stereocenters. The Bertz CT molecular complexity index is 950. The van der Waals surface area contributed by atoms with E-state index in [4.69, 9.17) is 4.74 Å². The van der Waals surface area contributed by atoms with Crippen LogP contribution in [0, 0.1) is 0 Å². The van der Waals surface area contributed by atoms with Crippen LogP contribution in [0.25, 0.3) is 0 Å². The molecule has 1 saturated heterocycles. The molecule has 6 heteroatoms. The topological polar surface area (TPSA) is 59.5 Å². The largest absolute Gasteiger partial charge is 0.471 e. The molecule has 1 aliphatic heterocycles. The maximum atomic E-state index is 12.6. The number of aryl methyl sites for hydroxylation is 1. The quantitative estimate of drug-likeness (QED) is 0.573. The second-order valence-corrected chi connectivity index (χ2v) is 7.84. The number of Topliss-reactive ketones (excluding diaryl/α,β-unsaturated/α-hetero) is 1. The van der Waals surface area contributed by atoms with Crippen molar-refractivity contribution in [2.45, 2.75) is 18.9 Å². The van der Waals surface area contributed by atoms with Crippen molar-refractivity contribution in [2.24, 2.45) is 0 Å². The highest BCUT2D eigenvalue weighted by atomic mass is 32.1.